The van der Waals surface area contributed by atoms with Crippen molar-refractivity contribution in [2.75, 3.05) is 0 Å². The molecule has 0 bridgehead atoms. The summed E-state index contributed by atoms with van der Waals surface area (Å²) in [6.07, 6.45) is 5.92. The fraction of sp³-hybridized carbons (Fsp3) is 0.667. The van der Waals surface area contributed by atoms with Gasteiger partial charge in [0.05, 0.1) is 0 Å². The van der Waals surface area contributed by atoms with E-state index in [2.05, 4.69) is 15.7 Å². The van der Waals surface area contributed by atoms with Gasteiger partial charge in [0.1, 0.15) is 6.34 Å². The molecule has 0 unspecified atom stereocenters. The summed E-state index contributed by atoms with van der Waals surface area (Å²) in [5.41, 5.74) is 8.70. The molecule has 4 heteroatoms. The van der Waals surface area contributed by atoms with Gasteiger partial charge in [-0.25, -0.2) is 0 Å². The van der Waals surface area contributed by atoms with Gasteiger partial charge < -0.3 is 5.73 Å². The van der Waals surface area contributed by atoms with E-state index in [4.69, 9.17) is 5.73 Å². The fourth-order valence-corrected chi connectivity index (χ4v) is 1.03. The Bertz CT molecular complexity index is 142. The molecule has 0 saturated heterocycles. The van der Waals surface area contributed by atoms with Gasteiger partial charge in [0.15, 0.2) is 0 Å². The Morgan fingerprint density at radius 1 is 1.40 bits per heavy atom. The van der Waals surface area contributed by atoms with Crippen molar-refractivity contribution in [1.82, 2.24) is 5.53 Å². The van der Waals surface area contributed by atoms with Crippen molar-refractivity contribution in [3.05, 3.63) is 0 Å². The van der Waals surface area contributed by atoms with Crippen molar-refractivity contribution < 1.29 is 0 Å². The van der Waals surface area contributed by atoms with Crippen LogP contribution in [0.2, 0.25) is 0 Å². The Morgan fingerprint density at radius 3 is 2.70 bits per heavy atom. The number of nitrogens with two attached hydrogens (primary N) is 1. The van der Waals surface area contributed by atoms with Crippen LogP contribution in [0.25, 0.3) is 0 Å². The maximum atomic E-state index is 4.99. The molecule has 1 fully saturated rings. The minimum atomic E-state index is 1.10. The molecule has 56 valence electrons. The van der Waals surface area contributed by atoms with Crippen LogP contribution in [-0.4, -0.2) is 12.1 Å². The largest absolute Gasteiger partial charge is 0.388 e. The quantitative estimate of drug-likeness (QED) is 0.331. The van der Waals surface area contributed by atoms with Gasteiger partial charge in [0, 0.05) is 5.71 Å². The first-order chi connectivity index (χ1) is 4.93. The number of nitrogens with zero attached hydrogens (tertiary/aromatic N) is 2. The summed E-state index contributed by atoms with van der Waals surface area (Å²) in [5.74, 6) is 0. The summed E-state index contributed by atoms with van der Waals surface area (Å²) in [7, 11) is 0. The van der Waals surface area contributed by atoms with Gasteiger partial charge in [-0.3, -0.25) is 0 Å². The minimum absolute atomic E-state index is 1.10. The summed E-state index contributed by atoms with van der Waals surface area (Å²) >= 11 is 0. The number of hydrogen-bond acceptors (Lipinski definition) is 3. The van der Waals surface area contributed by atoms with Crippen LogP contribution in [0.5, 0.6) is 0 Å². The lowest BCUT2D eigenvalue weighted by molar-refractivity contribution is 0.804. The molecular weight excluding hydrogens is 128 g/mol. The summed E-state index contributed by atoms with van der Waals surface area (Å²) in [6, 6.07) is 0. The molecule has 0 aromatic heterocycles. The van der Waals surface area contributed by atoms with Gasteiger partial charge in [-0.2, -0.15) is 10.6 Å². The molecule has 0 atom stereocenters. The Labute approximate surface area is 60.2 Å². The van der Waals surface area contributed by atoms with E-state index in [-0.39, 0.29) is 0 Å². The van der Waals surface area contributed by atoms with Crippen LogP contribution >= 0.6 is 0 Å². The van der Waals surface area contributed by atoms with Crippen LogP contribution in [0.15, 0.2) is 10.2 Å². The van der Waals surface area contributed by atoms with Crippen LogP contribution in [0.3, 0.4) is 0 Å². The Morgan fingerprint density at radius 2 is 2.10 bits per heavy atom. The lowest BCUT2D eigenvalue weighted by Crippen LogP contribution is -2.03. The number of rotatable bonds is 2. The van der Waals surface area contributed by atoms with Gasteiger partial charge in [0.25, 0.3) is 0 Å². The molecule has 0 heterocycles. The molecule has 3 N–H and O–H groups in total. The van der Waals surface area contributed by atoms with Gasteiger partial charge >= 0.3 is 0 Å². The third-order valence-electron chi connectivity index (χ3n) is 1.52. The van der Waals surface area contributed by atoms with Gasteiger partial charge in [0.2, 0.25) is 0 Å². The molecule has 1 saturated carbocycles. The molecule has 0 aromatic rings. The van der Waals surface area contributed by atoms with Crippen LogP contribution in [-0.2, 0) is 0 Å². The van der Waals surface area contributed by atoms with Crippen LogP contribution in [0.1, 0.15) is 25.7 Å². The summed E-state index contributed by atoms with van der Waals surface area (Å²) in [5, 5.41) is 7.55. The first-order valence-corrected chi connectivity index (χ1v) is 3.47. The maximum absolute atomic E-state index is 4.99. The van der Waals surface area contributed by atoms with Crippen LogP contribution < -0.4 is 11.3 Å². The minimum Gasteiger partial charge on any atom is -0.388 e. The number of hydrazone groups is 2. The van der Waals surface area contributed by atoms with Crippen molar-refractivity contribution in [3.8, 4) is 0 Å². The summed E-state index contributed by atoms with van der Waals surface area (Å²) in [4.78, 5) is 0. The first-order valence-electron chi connectivity index (χ1n) is 3.47. The van der Waals surface area contributed by atoms with E-state index in [1.807, 2.05) is 0 Å². The van der Waals surface area contributed by atoms with E-state index >= 15 is 0 Å². The zero-order valence-corrected chi connectivity index (χ0v) is 5.88. The highest BCUT2D eigenvalue weighted by Gasteiger charge is 2.06. The second kappa shape index (κ2) is 3.87. The predicted molar refractivity (Wildman–Crippen MR) is 41.7 cm³/mol. The van der Waals surface area contributed by atoms with E-state index in [1.54, 1.807) is 0 Å². The highest BCUT2D eigenvalue weighted by Crippen LogP contribution is 2.13. The van der Waals surface area contributed by atoms with Crippen LogP contribution in [0, 0.1) is 0 Å². The van der Waals surface area contributed by atoms with Crippen molar-refractivity contribution in [2.24, 2.45) is 15.9 Å². The summed E-state index contributed by atoms with van der Waals surface area (Å²) < 4.78 is 0. The fourth-order valence-electron chi connectivity index (χ4n) is 1.03. The molecule has 1 rings (SSSR count). The SMILES string of the molecule is NC=NNN=C1CCCC1. The lowest BCUT2D eigenvalue weighted by atomic mass is 10.3. The number of hydrogen-bond donors (Lipinski definition) is 2. The molecule has 0 amide bonds. The van der Waals surface area contributed by atoms with Crippen molar-refractivity contribution in [1.29, 1.82) is 0 Å². The van der Waals surface area contributed by atoms with Gasteiger partial charge in [-0.1, -0.05) is 0 Å². The molecule has 10 heavy (non-hydrogen) atoms. The molecular formula is C6H12N4. The lowest BCUT2D eigenvalue weighted by Gasteiger charge is -1.91. The highest BCUT2D eigenvalue weighted by molar-refractivity contribution is 5.85. The topological polar surface area (TPSA) is 62.8 Å². The van der Waals surface area contributed by atoms with E-state index in [9.17, 15) is 0 Å². The molecule has 0 aromatic carbocycles. The standard InChI is InChI=1S/C6H12N4/c7-5-8-10-9-6-3-1-2-4-6/h5,10H,1-4H2,(H2,7,8). The molecule has 4 nitrogen and oxygen atoms in total. The monoisotopic (exact) mass is 140 g/mol. The van der Waals surface area contributed by atoms with Crippen molar-refractivity contribution in [2.45, 2.75) is 25.7 Å². The van der Waals surface area contributed by atoms with E-state index < -0.39 is 0 Å². The molecule has 0 aliphatic heterocycles. The second-order valence-electron chi connectivity index (χ2n) is 2.26. The Balaban J connectivity index is 2.24. The summed E-state index contributed by atoms with van der Waals surface area (Å²) in [6.45, 7) is 0. The number of nitrogens with one attached hydrogen (secondary N) is 1. The Kier molecular flexibility index (Phi) is 2.73. The molecule has 0 spiro atoms. The average Bonchev–Trinajstić information content (AvgIpc) is 2.41. The molecule has 0 radical (unpaired) electrons. The highest BCUT2D eigenvalue weighted by atomic mass is 15.5. The zero-order valence-electron chi connectivity index (χ0n) is 5.88. The predicted octanol–water partition coefficient (Wildman–Crippen LogP) is 0.408. The van der Waals surface area contributed by atoms with Gasteiger partial charge in [-0.15, -0.1) is 5.10 Å². The average molecular weight is 140 g/mol. The second-order valence-corrected chi connectivity index (χ2v) is 2.26. The van der Waals surface area contributed by atoms with Crippen LogP contribution in [0.4, 0.5) is 0 Å². The Hall–Kier alpha value is -1.06. The normalized spacial score (nSPS) is 18.2. The van der Waals surface area contributed by atoms with E-state index in [1.165, 1.54) is 24.9 Å². The van der Waals surface area contributed by atoms with E-state index in [0.29, 0.717) is 0 Å². The first kappa shape index (κ1) is 7.05. The van der Waals surface area contributed by atoms with E-state index in [0.717, 1.165) is 12.8 Å². The molecule has 1 aliphatic rings. The third-order valence-corrected chi connectivity index (χ3v) is 1.52. The van der Waals surface area contributed by atoms with Crippen molar-refractivity contribution >= 4 is 12.1 Å². The molecule has 1 aliphatic carbocycles. The van der Waals surface area contributed by atoms with Crippen molar-refractivity contribution in [3.63, 3.8) is 0 Å². The van der Waals surface area contributed by atoms with Gasteiger partial charge in [-0.05, 0) is 25.7 Å². The third kappa shape index (κ3) is 2.05. The smallest absolute Gasteiger partial charge is 0.108 e. The maximum Gasteiger partial charge on any atom is 0.108 e. The zero-order chi connectivity index (χ0) is 7.23.